The van der Waals surface area contributed by atoms with Gasteiger partial charge >= 0.3 is 0 Å². The molecule has 5 heteroatoms. The average molecular weight is 237 g/mol. The Morgan fingerprint density at radius 1 is 1.35 bits per heavy atom. The van der Waals surface area contributed by atoms with E-state index in [-0.39, 0.29) is 6.04 Å². The number of tetrazole rings is 1. The van der Waals surface area contributed by atoms with E-state index >= 15 is 0 Å². The zero-order valence-electron chi connectivity index (χ0n) is 11.1. The molecular formula is C12H23N5. The first-order chi connectivity index (χ1) is 8.16. The maximum Gasteiger partial charge on any atom is 0.167 e. The van der Waals surface area contributed by atoms with Crippen LogP contribution in [0.2, 0.25) is 0 Å². The Bertz CT molecular complexity index is 342. The SMILES string of the molecule is CC(C)CNC(C)c1nnnn1CCC1CC1. The minimum Gasteiger partial charge on any atom is -0.307 e. The highest BCUT2D eigenvalue weighted by Crippen LogP contribution is 2.32. The number of rotatable bonds is 7. The first-order valence-electron chi connectivity index (χ1n) is 6.66. The van der Waals surface area contributed by atoms with E-state index < -0.39 is 0 Å². The van der Waals surface area contributed by atoms with Gasteiger partial charge in [0.15, 0.2) is 5.82 Å². The van der Waals surface area contributed by atoms with E-state index in [0.29, 0.717) is 5.92 Å². The van der Waals surface area contributed by atoms with Gasteiger partial charge < -0.3 is 5.32 Å². The lowest BCUT2D eigenvalue weighted by Crippen LogP contribution is -2.26. The third-order valence-electron chi connectivity index (χ3n) is 3.23. The van der Waals surface area contributed by atoms with Gasteiger partial charge in [-0.15, -0.1) is 5.10 Å². The Kier molecular flexibility index (Phi) is 4.10. The first kappa shape index (κ1) is 12.5. The molecule has 0 amide bonds. The quantitative estimate of drug-likeness (QED) is 0.785. The highest BCUT2D eigenvalue weighted by atomic mass is 15.5. The van der Waals surface area contributed by atoms with E-state index in [1.807, 2.05) is 4.68 Å². The van der Waals surface area contributed by atoms with Crippen LogP contribution in [0.5, 0.6) is 0 Å². The summed E-state index contributed by atoms with van der Waals surface area (Å²) in [4.78, 5) is 0. The lowest BCUT2D eigenvalue weighted by atomic mass is 10.2. The van der Waals surface area contributed by atoms with Crippen LogP contribution in [0.3, 0.4) is 0 Å². The minimum absolute atomic E-state index is 0.228. The summed E-state index contributed by atoms with van der Waals surface area (Å²) in [5.41, 5.74) is 0. The Labute approximate surface area is 103 Å². The molecule has 1 N–H and O–H groups in total. The van der Waals surface area contributed by atoms with Gasteiger partial charge in [0, 0.05) is 6.54 Å². The molecule has 0 saturated heterocycles. The van der Waals surface area contributed by atoms with Crippen molar-refractivity contribution >= 4 is 0 Å². The molecule has 0 aromatic carbocycles. The van der Waals surface area contributed by atoms with Gasteiger partial charge in [0.25, 0.3) is 0 Å². The summed E-state index contributed by atoms with van der Waals surface area (Å²) in [6.07, 6.45) is 3.99. The van der Waals surface area contributed by atoms with Crippen LogP contribution in [0.4, 0.5) is 0 Å². The molecule has 1 aromatic rings. The van der Waals surface area contributed by atoms with Gasteiger partial charge in [-0.05, 0) is 42.2 Å². The van der Waals surface area contributed by atoms with Crippen molar-refractivity contribution in [3.05, 3.63) is 5.82 Å². The average Bonchev–Trinajstić information content (AvgIpc) is 3.00. The Morgan fingerprint density at radius 3 is 2.76 bits per heavy atom. The number of nitrogens with one attached hydrogen (secondary N) is 1. The fourth-order valence-corrected chi connectivity index (χ4v) is 1.90. The van der Waals surface area contributed by atoms with E-state index in [1.165, 1.54) is 19.3 Å². The van der Waals surface area contributed by atoms with E-state index in [0.717, 1.165) is 24.8 Å². The van der Waals surface area contributed by atoms with Crippen molar-refractivity contribution in [1.29, 1.82) is 0 Å². The van der Waals surface area contributed by atoms with Crippen LogP contribution in [0.1, 0.15) is 51.9 Å². The number of hydrogen-bond acceptors (Lipinski definition) is 4. The molecule has 0 aliphatic heterocycles. The van der Waals surface area contributed by atoms with Crippen LogP contribution in [0.25, 0.3) is 0 Å². The summed E-state index contributed by atoms with van der Waals surface area (Å²) in [6, 6.07) is 0.228. The van der Waals surface area contributed by atoms with Crippen molar-refractivity contribution < 1.29 is 0 Å². The van der Waals surface area contributed by atoms with Crippen molar-refractivity contribution in [3.63, 3.8) is 0 Å². The summed E-state index contributed by atoms with van der Waals surface area (Å²) in [7, 11) is 0. The molecule has 17 heavy (non-hydrogen) atoms. The summed E-state index contributed by atoms with van der Waals surface area (Å²) in [6.45, 7) is 8.49. The van der Waals surface area contributed by atoms with Crippen molar-refractivity contribution in [2.24, 2.45) is 11.8 Å². The summed E-state index contributed by atoms with van der Waals surface area (Å²) < 4.78 is 1.95. The lowest BCUT2D eigenvalue weighted by molar-refractivity contribution is 0.442. The maximum absolute atomic E-state index is 4.13. The Morgan fingerprint density at radius 2 is 2.12 bits per heavy atom. The molecule has 0 radical (unpaired) electrons. The van der Waals surface area contributed by atoms with Crippen LogP contribution >= 0.6 is 0 Å². The molecule has 1 atom stereocenters. The van der Waals surface area contributed by atoms with E-state index in [1.54, 1.807) is 0 Å². The second kappa shape index (κ2) is 5.58. The smallest absolute Gasteiger partial charge is 0.167 e. The minimum atomic E-state index is 0.228. The zero-order valence-corrected chi connectivity index (χ0v) is 11.1. The van der Waals surface area contributed by atoms with Crippen molar-refractivity contribution in [1.82, 2.24) is 25.5 Å². The van der Waals surface area contributed by atoms with Gasteiger partial charge in [0.2, 0.25) is 0 Å². The lowest BCUT2D eigenvalue weighted by Gasteiger charge is -2.14. The van der Waals surface area contributed by atoms with Gasteiger partial charge in [0.1, 0.15) is 0 Å². The van der Waals surface area contributed by atoms with E-state index in [2.05, 4.69) is 41.6 Å². The Balaban J connectivity index is 1.86. The van der Waals surface area contributed by atoms with Crippen molar-refractivity contribution in [2.45, 2.75) is 52.6 Å². The van der Waals surface area contributed by atoms with E-state index in [9.17, 15) is 0 Å². The molecule has 1 aromatic heterocycles. The fourth-order valence-electron chi connectivity index (χ4n) is 1.90. The molecule has 2 rings (SSSR count). The van der Waals surface area contributed by atoms with Crippen molar-refractivity contribution in [3.8, 4) is 0 Å². The summed E-state index contributed by atoms with van der Waals surface area (Å²) in [5.74, 6) is 2.53. The van der Waals surface area contributed by atoms with Gasteiger partial charge in [-0.3, -0.25) is 0 Å². The van der Waals surface area contributed by atoms with Crippen LogP contribution in [-0.4, -0.2) is 26.8 Å². The van der Waals surface area contributed by atoms with Crippen LogP contribution in [-0.2, 0) is 6.54 Å². The summed E-state index contributed by atoms with van der Waals surface area (Å²) in [5, 5.41) is 15.5. The van der Waals surface area contributed by atoms with Gasteiger partial charge in [0.05, 0.1) is 6.04 Å². The first-order valence-corrected chi connectivity index (χ1v) is 6.66. The number of hydrogen-bond donors (Lipinski definition) is 1. The third kappa shape index (κ3) is 3.77. The molecule has 1 unspecified atom stereocenters. The molecule has 5 nitrogen and oxygen atoms in total. The Hall–Kier alpha value is -0.970. The fraction of sp³-hybridized carbons (Fsp3) is 0.917. The molecule has 1 fully saturated rings. The number of aromatic nitrogens is 4. The maximum atomic E-state index is 4.13. The molecule has 1 aliphatic carbocycles. The largest absolute Gasteiger partial charge is 0.307 e. The molecular weight excluding hydrogens is 214 g/mol. The van der Waals surface area contributed by atoms with Crippen LogP contribution in [0, 0.1) is 11.8 Å². The van der Waals surface area contributed by atoms with Crippen LogP contribution in [0.15, 0.2) is 0 Å². The third-order valence-corrected chi connectivity index (χ3v) is 3.23. The van der Waals surface area contributed by atoms with Gasteiger partial charge in [-0.25, -0.2) is 4.68 Å². The molecule has 96 valence electrons. The van der Waals surface area contributed by atoms with Crippen molar-refractivity contribution in [2.75, 3.05) is 6.54 Å². The van der Waals surface area contributed by atoms with Gasteiger partial charge in [-0.2, -0.15) is 0 Å². The molecule has 0 bridgehead atoms. The molecule has 1 aliphatic rings. The predicted octanol–water partition coefficient (Wildman–Crippen LogP) is 1.78. The number of aryl methyl sites for hydroxylation is 1. The topological polar surface area (TPSA) is 55.6 Å². The van der Waals surface area contributed by atoms with E-state index in [4.69, 9.17) is 0 Å². The standard InChI is InChI=1S/C12H23N5/c1-9(2)8-13-10(3)12-14-15-16-17(12)7-6-11-4-5-11/h9-11,13H,4-8H2,1-3H3. The second-order valence-electron chi connectivity index (χ2n) is 5.52. The summed E-state index contributed by atoms with van der Waals surface area (Å²) >= 11 is 0. The molecule has 0 spiro atoms. The highest BCUT2D eigenvalue weighted by molar-refractivity contribution is 4.90. The normalized spacial score (nSPS) is 17.6. The molecule has 1 saturated carbocycles. The predicted molar refractivity (Wildman–Crippen MR) is 66.4 cm³/mol. The zero-order chi connectivity index (χ0) is 12.3. The second-order valence-corrected chi connectivity index (χ2v) is 5.52. The van der Waals surface area contributed by atoms with Gasteiger partial charge in [-0.1, -0.05) is 26.7 Å². The molecule has 1 heterocycles. The highest BCUT2D eigenvalue weighted by Gasteiger charge is 2.22. The monoisotopic (exact) mass is 237 g/mol. The number of nitrogens with zero attached hydrogens (tertiary/aromatic N) is 4. The van der Waals surface area contributed by atoms with Crippen LogP contribution < -0.4 is 5.32 Å².